The van der Waals surface area contributed by atoms with Crippen LogP contribution in [0.2, 0.25) is 0 Å². The molecule has 3 rings (SSSR count). The van der Waals surface area contributed by atoms with E-state index in [9.17, 15) is 9.90 Å². The van der Waals surface area contributed by atoms with Crippen LogP contribution in [0, 0.1) is 0 Å². The van der Waals surface area contributed by atoms with Crippen molar-refractivity contribution in [3.8, 4) is 0 Å². The first-order chi connectivity index (χ1) is 9.75. The molecule has 3 aromatic rings. The molecular formula is C17H13NO2. The second kappa shape index (κ2) is 5.05. The third-order valence-corrected chi connectivity index (χ3v) is 3.18. The van der Waals surface area contributed by atoms with Gasteiger partial charge in [-0.05, 0) is 23.8 Å². The van der Waals surface area contributed by atoms with E-state index in [1.54, 1.807) is 16.8 Å². The van der Waals surface area contributed by atoms with Gasteiger partial charge in [0, 0.05) is 11.6 Å². The van der Waals surface area contributed by atoms with Gasteiger partial charge in [0.1, 0.15) is 5.69 Å². The Kier molecular flexibility index (Phi) is 3.09. The molecule has 3 nitrogen and oxygen atoms in total. The molecule has 0 amide bonds. The molecule has 0 atom stereocenters. The molecule has 1 N–H and O–H groups in total. The monoisotopic (exact) mass is 263 g/mol. The molecule has 20 heavy (non-hydrogen) atoms. The fourth-order valence-corrected chi connectivity index (χ4v) is 2.23. The number of carboxylic acid groups (broad SMARTS) is 1. The molecule has 3 heteroatoms. The van der Waals surface area contributed by atoms with Gasteiger partial charge < -0.3 is 9.67 Å². The smallest absolute Gasteiger partial charge is 0.352 e. The number of rotatable bonds is 3. The van der Waals surface area contributed by atoms with Crippen molar-refractivity contribution in [1.29, 1.82) is 0 Å². The van der Waals surface area contributed by atoms with Crippen LogP contribution >= 0.6 is 0 Å². The van der Waals surface area contributed by atoms with E-state index in [0.717, 1.165) is 16.5 Å². The highest BCUT2D eigenvalue weighted by atomic mass is 16.4. The number of para-hydroxylation sites is 1. The lowest BCUT2D eigenvalue weighted by molar-refractivity contribution is 0.0689. The zero-order valence-corrected chi connectivity index (χ0v) is 10.7. The molecule has 0 aliphatic carbocycles. The summed E-state index contributed by atoms with van der Waals surface area (Å²) in [6.45, 7) is 0. The lowest BCUT2D eigenvalue weighted by atomic mass is 10.2. The van der Waals surface area contributed by atoms with Crippen molar-refractivity contribution >= 4 is 29.1 Å². The Labute approximate surface area is 116 Å². The summed E-state index contributed by atoms with van der Waals surface area (Å²) in [4.78, 5) is 11.3. The lowest BCUT2D eigenvalue weighted by Gasteiger charge is -2.01. The summed E-state index contributed by atoms with van der Waals surface area (Å²) in [6.07, 6.45) is 3.69. The van der Waals surface area contributed by atoms with E-state index in [4.69, 9.17) is 0 Å². The standard InChI is InChI=1S/C17H13NO2/c19-17(20)16-12-14-8-4-5-9-15(14)18(16)11-10-13-6-2-1-3-7-13/h1-12H,(H,19,20)/b11-10+. The van der Waals surface area contributed by atoms with Gasteiger partial charge >= 0.3 is 5.97 Å². The SMILES string of the molecule is O=C(O)c1cc2ccccc2n1/C=C/c1ccccc1. The minimum absolute atomic E-state index is 0.262. The first-order valence-corrected chi connectivity index (χ1v) is 6.32. The van der Waals surface area contributed by atoms with Crippen LogP contribution in [0.4, 0.5) is 0 Å². The Morgan fingerprint density at radius 2 is 1.70 bits per heavy atom. The van der Waals surface area contributed by atoms with Crippen LogP contribution in [0.1, 0.15) is 16.1 Å². The molecule has 98 valence electrons. The summed E-state index contributed by atoms with van der Waals surface area (Å²) in [5.41, 5.74) is 2.18. The molecule has 0 saturated heterocycles. The fourth-order valence-electron chi connectivity index (χ4n) is 2.23. The largest absolute Gasteiger partial charge is 0.477 e. The number of hydrogen-bond acceptors (Lipinski definition) is 1. The number of carboxylic acids is 1. The molecule has 0 spiro atoms. The average molecular weight is 263 g/mol. The number of fused-ring (bicyclic) bond motifs is 1. The van der Waals surface area contributed by atoms with E-state index in [1.807, 2.05) is 60.7 Å². The Balaban J connectivity index is 2.12. The first-order valence-electron chi connectivity index (χ1n) is 6.32. The Hall–Kier alpha value is -2.81. The van der Waals surface area contributed by atoms with Gasteiger partial charge in [0.25, 0.3) is 0 Å². The van der Waals surface area contributed by atoms with E-state index in [-0.39, 0.29) is 5.69 Å². The molecule has 2 aromatic carbocycles. The van der Waals surface area contributed by atoms with Crippen molar-refractivity contribution < 1.29 is 9.90 Å². The maximum absolute atomic E-state index is 11.3. The van der Waals surface area contributed by atoms with E-state index >= 15 is 0 Å². The van der Waals surface area contributed by atoms with Crippen LogP contribution in [-0.4, -0.2) is 15.6 Å². The topological polar surface area (TPSA) is 42.2 Å². The van der Waals surface area contributed by atoms with Crippen LogP contribution in [0.5, 0.6) is 0 Å². The van der Waals surface area contributed by atoms with E-state index < -0.39 is 5.97 Å². The van der Waals surface area contributed by atoms with Crippen molar-refractivity contribution in [2.45, 2.75) is 0 Å². The minimum Gasteiger partial charge on any atom is -0.477 e. The van der Waals surface area contributed by atoms with Gasteiger partial charge in [-0.3, -0.25) is 0 Å². The number of benzene rings is 2. The zero-order valence-electron chi connectivity index (χ0n) is 10.7. The number of nitrogens with zero attached hydrogens (tertiary/aromatic N) is 1. The maximum Gasteiger partial charge on any atom is 0.352 e. The fraction of sp³-hybridized carbons (Fsp3) is 0. The highest BCUT2D eigenvalue weighted by Crippen LogP contribution is 2.20. The van der Waals surface area contributed by atoms with Crippen molar-refractivity contribution in [3.63, 3.8) is 0 Å². The molecule has 0 radical (unpaired) electrons. The molecule has 0 aliphatic heterocycles. The normalized spacial score (nSPS) is 11.2. The Morgan fingerprint density at radius 3 is 2.45 bits per heavy atom. The first kappa shape index (κ1) is 12.2. The molecule has 0 bridgehead atoms. The van der Waals surface area contributed by atoms with E-state index in [2.05, 4.69) is 0 Å². The molecule has 1 heterocycles. The van der Waals surface area contributed by atoms with Gasteiger partial charge in [0.2, 0.25) is 0 Å². The van der Waals surface area contributed by atoms with Crippen LogP contribution in [-0.2, 0) is 0 Å². The molecular weight excluding hydrogens is 250 g/mol. The Bertz CT molecular complexity index is 785. The van der Waals surface area contributed by atoms with Crippen molar-refractivity contribution in [1.82, 2.24) is 4.57 Å². The van der Waals surface area contributed by atoms with Crippen LogP contribution in [0.15, 0.2) is 60.7 Å². The highest BCUT2D eigenvalue weighted by Gasteiger charge is 2.12. The van der Waals surface area contributed by atoms with E-state index in [1.165, 1.54) is 0 Å². The number of hydrogen-bond donors (Lipinski definition) is 1. The van der Waals surface area contributed by atoms with Crippen LogP contribution in [0.3, 0.4) is 0 Å². The molecule has 0 aliphatic rings. The van der Waals surface area contributed by atoms with Crippen molar-refractivity contribution in [3.05, 3.63) is 71.9 Å². The van der Waals surface area contributed by atoms with Crippen LogP contribution < -0.4 is 0 Å². The number of carbonyl (C=O) groups is 1. The molecule has 0 fully saturated rings. The summed E-state index contributed by atoms with van der Waals surface area (Å²) in [7, 11) is 0. The van der Waals surface area contributed by atoms with Gasteiger partial charge in [0.15, 0.2) is 0 Å². The van der Waals surface area contributed by atoms with Gasteiger partial charge in [0.05, 0.1) is 5.52 Å². The van der Waals surface area contributed by atoms with Crippen molar-refractivity contribution in [2.75, 3.05) is 0 Å². The van der Waals surface area contributed by atoms with Crippen molar-refractivity contribution in [2.24, 2.45) is 0 Å². The quantitative estimate of drug-likeness (QED) is 0.777. The third kappa shape index (κ3) is 2.21. The third-order valence-electron chi connectivity index (χ3n) is 3.18. The number of aromatic carboxylic acids is 1. The highest BCUT2D eigenvalue weighted by molar-refractivity contribution is 5.96. The predicted octanol–water partition coefficient (Wildman–Crippen LogP) is 3.97. The van der Waals surface area contributed by atoms with Gasteiger partial charge in [-0.2, -0.15) is 0 Å². The van der Waals surface area contributed by atoms with E-state index in [0.29, 0.717) is 0 Å². The minimum atomic E-state index is -0.932. The van der Waals surface area contributed by atoms with Crippen LogP contribution in [0.25, 0.3) is 23.2 Å². The average Bonchev–Trinajstić information content (AvgIpc) is 2.85. The second-order valence-corrected chi connectivity index (χ2v) is 4.49. The lowest BCUT2D eigenvalue weighted by Crippen LogP contribution is -2.02. The maximum atomic E-state index is 11.3. The summed E-state index contributed by atoms with van der Waals surface area (Å²) in [6, 6.07) is 19.1. The molecule has 0 unspecified atom stereocenters. The summed E-state index contributed by atoms with van der Waals surface area (Å²) in [5, 5.41) is 10.2. The zero-order chi connectivity index (χ0) is 13.9. The van der Waals surface area contributed by atoms with Gasteiger partial charge in [-0.15, -0.1) is 0 Å². The summed E-state index contributed by atoms with van der Waals surface area (Å²) < 4.78 is 1.70. The second-order valence-electron chi connectivity index (χ2n) is 4.49. The predicted molar refractivity (Wildman–Crippen MR) is 80.6 cm³/mol. The summed E-state index contributed by atoms with van der Waals surface area (Å²) >= 11 is 0. The Morgan fingerprint density at radius 1 is 1.00 bits per heavy atom. The van der Waals surface area contributed by atoms with Gasteiger partial charge in [-0.25, -0.2) is 4.79 Å². The number of aromatic nitrogens is 1. The molecule has 1 aromatic heterocycles. The molecule has 0 saturated carbocycles. The summed E-state index contributed by atoms with van der Waals surface area (Å²) in [5.74, 6) is -0.932. The van der Waals surface area contributed by atoms with Gasteiger partial charge in [-0.1, -0.05) is 48.5 Å².